The summed E-state index contributed by atoms with van der Waals surface area (Å²) in [5.74, 6) is -4.25. The van der Waals surface area contributed by atoms with E-state index in [2.05, 4.69) is 10.0 Å². The van der Waals surface area contributed by atoms with Gasteiger partial charge in [0.25, 0.3) is 10.0 Å². The molecule has 226 valence electrons. The van der Waals surface area contributed by atoms with Crippen LogP contribution in [0.25, 0.3) is 0 Å². The Bertz CT molecular complexity index is 1330. The zero-order valence-corrected chi connectivity index (χ0v) is 22.9. The van der Waals surface area contributed by atoms with Crippen molar-refractivity contribution >= 4 is 39.2 Å². The summed E-state index contributed by atoms with van der Waals surface area (Å²) >= 11 is 0. The van der Waals surface area contributed by atoms with Crippen LogP contribution in [-0.2, 0) is 19.6 Å². The normalized spacial score (nSPS) is 14.2. The van der Waals surface area contributed by atoms with E-state index in [1.165, 1.54) is 12.1 Å². The number of hydrogen-bond acceptors (Lipinski definition) is 7. The second-order valence-corrected chi connectivity index (χ2v) is 11.0. The van der Waals surface area contributed by atoms with Gasteiger partial charge in [0.15, 0.2) is 0 Å². The molecule has 0 aromatic heterocycles. The minimum absolute atomic E-state index is 0.0203. The van der Waals surface area contributed by atoms with Crippen LogP contribution in [0.1, 0.15) is 24.2 Å². The monoisotopic (exact) mass is 606 g/mol. The summed E-state index contributed by atoms with van der Waals surface area (Å²) in [6, 6.07) is 8.73. The summed E-state index contributed by atoms with van der Waals surface area (Å²) in [5.41, 5.74) is 0.366. The molecule has 1 heterocycles. The van der Waals surface area contributed by atoms with Crippen LogP contribution in [0.3, 0.4) is 0 Å². The molecule has 0 aliphatic carbocycles. The van der Waals surface area contributed by atoms with E-state index in [0.717, 1.165) is 24.3 Å². The minimum atomic E-state index is -5.08. The lowest BCUT2D eigenvalue weighted by atomic mass is 10.1. The molecule has 0 unspecified atom stereocenters. The summed E-state index contributed by atoms with van der Waals surface area (Å²) in [6.45, 7) is 7.47. The maximum absolute atomic E-state index is 13.1. The van der Waals surface area contributed by atoms with E-state index in [4.69, 9.17) is 9.90 Å². The van der Waals surface area contributed by atoms with Crippen molar-refractivity contribution in [2.24, 2.45) is 5.92 Å². The van der Waals surface area contributed by atoms with E-state index in [0.29, 0.717) is 50.9 Å². The topological polar surface area (TPSA) is 156 Å². The summed E-state index contributed by atoms with van der Waals surface area (Å²) in [7, 11) is -4.09. The van der Waals surface area contributed by atoms with Crippen molar-refractivity contribution in [1.29, 1.82) is 0 Å². The van der Waals surface area contributed by atoms with Gasteiger partial charge in [-0.25, -0.2) is 22.4 Å². The first-order valence-corrected chi connectivity index (χ1v) is 13.7. The fraction of sp³-hybridized carbons (Fsp3) is 0.400. The van der Waals surface area contributed by atoms with E-state index in [-0.39, 0.29) is 22.1 Å². The van der Waals surface area contributed by atoms with E-state index in [1.807, 2.05) is 23.6 Å². The molecule has 1 aliphatic heterocycles. The highest BCUT2D eigenvalue weighted by molar-refractivity contribution is 7.92. The number of aliphatic carboxylic acids is 1. The number of rotatable bonds is 9. The van der Waals surface area contributed by atoms with Gasteiger partial charge in [-0.2, -0.15) is 13.2 Å². The number of carbonyl (C=O) groups excluding carboxylic acids is 1. The van der Waals surface area contributed by atoms with E-state index in [1.54, 1.807) is 6.07 Å². The van der Waals surface area contributed by atoms with E-state index < -0.39 is 34.0 Å². The Labute approximate surface area is 233 Å². The van der Waals surface area contributed by atoms with Crippen LogP contribution < -0.4 is 14.9 Å². The molecule has 0 spiro atoms. The third-order valence-electron chi connectivity index (χ3n) is 5.66. The number of anilines is 2. The molecule has 11 nitrogen and oxygen atoms in total. The zero-order chi connectivity index (χ0) is 31.0. The van der Waals surface area contributed by atoms with Gasteiger partial charge in [-0.05, 0) is 48.4 Å². The van der Waals surface area contributed by atoms with Gasteiger partial charge in [0.1, 0.15) is 5.82 Å². The molecule has 0 atom stereocenters. The maximum atomic E-state index is 13.1. The molecule has 1 aliphatic rings. The fourth-order valence-corrected chi connectivity index (χ4v) is 4.63. The summed E-state index contributed by atoms with van der Waals surface area (Å²) in [6.07, 6.45) is -5.08. The Morgan fingerprint density at radius 3 is 2.02 bits per heavy atom. The van der Waals surface area contributed by atoms with Crippen molar-refractivity contribution in [2.75, 3.05) is 48.9 Å². The highest BCUT2D eigenvalue weighted by Crippen LogP contribution is 2.27. The third kappa shape index (κ3) is 10.5. The quantitative estimate of drug-likeness (QED) is 0.315. The average Bonchev–Trinajstić information content (AvgIpc) is 2.88. The van der Waals surface area contributed by atoms with Crippen LogP contribution >= 0.6 is 0 Å². The van der Waals surface area contributed by atoms with Gasteiger partial charge in [0.05, 0.1) is 22.7 Å². The summed E-state index contributed by atoms with van der Waals surface area (Å²) in [5, 5.41) is 19.7. The van der Waals surface area contributed by atoms with Crippen LogP contribution in [0.2, 0.25) is 0 Å². The smallest absolute Gasteiger partial charge is 0.478 e. The number of hydrogen-bond donors (Lipinski definition) is 4. The largest absolute Gasteiger partial charge is 0.490 e. The number of carbonyl (C=O) groups is 3. The zero-order valence-electron chi connectivity index (χ0n) is 22.1. The number of sulfonamides is 1. The predicted molar refractivity (Wildman–Crippen MR) is 141 cm³/mol. The minimum Gasteiger partial charge on any atom is -0.478 e. The molecule has 0 radical (unpaired) electrons. The molecule has 1 saturated heterocycles. The van der Waals surface area contributed by atoms with E-state index >= 15 is 0 Å². The van der Waals surface area contributed by atoms with Gasteiger partial charge < -0.3 is 20.4 Å². The fourth-order valence-electron chi connectivity index (χ4n) is 3.55. The summed E-state index contributed by atoms with van der Waals surface area (Å²) < 4.78 is 72.4. The second-order valence-electron chi connectivity index (χ2n) is 9.36. The molecule has 4 N–H and O–H groups in total. The lowest BCUT2D eigenvalue weighted by Crippen LogP contribution is -2.49. The maximum Gasteiger partial charge on any atom is 0.490 e. The Balaban J connectivity index is 0.000000745. The predicted octanol–water partition coefficient (Wildman–Crippen LogP) is 2.85. The van der Waals surface area contributed by atoms with Gasteiger partial charge in [-0.15, -0.1) is 0 Å². The molecule has 0 saturated carbocycles. The lowest BCUT2D eigenvalue weighted by Gasteiger charge is -2.36. The highest BCUT2D eigenvalue weighted by atomic mass is 32.2. The van der Waals surface area contributed by atoms with Crippen LogP contribution in [0.5, 0.6) is 0 Å². The molecule has 1 fully saturated rings. The number of nitrogens with one attached hydrogen (secondary N) is 2. The Morgan fingerprint density at radius 1 is 0.976 bits per heavy atom. The number of carboxylic acids is 2. The first kappa shape index (κ1) is 33.3. The number of piperazine rings is 1. The molecule has 3 rings (SSSR count). The van der Waals surface area contributed by atoms with Gasteiger partial charge in [0, 0.05) is 38.4 Å². The molecule has 2 aromatic carbocycles. The van der Waals surface area contributed by atoms with Crippen molar-refractivity contribution in [1.82, 2.24) is 10.2 Å². The van der Waals surface area contributed by atoms with Gasteiger partial charge >= 0.3 is 18.1 Å². The third-order valence-corrected chi connectivity index (χ3v) is 7.04. The molecule has 16 heteroatoms. The van der Waals surface area contributed by atoms with Crippen molar-refractivity contribution in [3.8, 4) is 0 Å². The molecule has 2 aromatic rings. The first-order chi connectivity index (χ1) is 19.0. The van der Waals surface area contributed by atoms with Crippen molar-refractivity contribution in [3.05, 3.63) is 53.8 Å². The Kier molecular flexibility index (Phi) is 11.5. The van der Waals surface area contributed by atoms with Crippen molar-refractivity contribution in [2.45, 2.75) is 24.9 Å². The van der Waals surface area contributed by atoms with Gasteiger partial charge in [-0.3, -0.25) is 14.4 Å². The van der Waals surface area contributed by atoms with Crippen LogP contribution in [-0.4, -0.2) is 86.8 Å². The van der Waals surface area contributed by atoms with E-state index in [9.17, 15) is 40.7 Å². The summed E-state index contributed by atoms with van der Waals surface area (Å²) in [4.78, 5) is 36.7. The standard InChI is InChI=1S/C23H29FN4O5S.C2HF3O2/c1-16(2)14-25-22(29)15-27-9-11-28(12-10-27)18-5-8-21(20(13-18)23(30)31)26-34(32,33)19-6-3-17(24)4-7-19;3-2(4,5)1(6)7/h3-8,13,16,26H,9-12,14-15H2,1-2H3,(H,25,29)(H,30,31);(H,6,7). The van der Waals surface area contributed by atoms with Crippen LogP contribution in [0.15, 0.2) is 47.4 Å². The SMILES string of the molecule is CC(C)CNC(=O)CN1CCN(c2ccc(NS(=O)(=O)c3ccc(F)cc3)c(C(=O)O)c2)CC1.O=C(O)C(F)(F)F. The van der Waals surface area contributed by atoms with Crippen LogP contribution in [0, 0.1) is 11.7 Å². The number of nitrogens with zero attached hydrogens (tertiary/aromatic N) is 2. The number of halogens is 4. The number of alkyl halides is 3. The Morgan fingerprint density at radius 2 is 1.54 bits per heavy atom. The molecule has 1 amide bonds. The van der Waals surface area contributed by atoms with Crippen molar-refractivity contribution in [3.63, 3.8) is 0 Å². The van der Waals surface area contributed by atoms with Crippen molar-refractivity contribution < 1.29 is 50.6 Å². The number of amides is 1. The number of aromatic carboxylic acids is 1. The molecule has 0 bridgehead atoms. The lowest BCUT2D eigenvalue weighted by molar-refractivity contribution is -0.192. The Hall–Kier alpha value is -3.92. The molecular weight excluding hydrogens is 576 g/mol. The number of carboxylic acid groups (broad SMARTS) is 2. The molecular formula is C25H30F4N4O7S. The van der Waals surface area contributed by atoms with Gasteiger partial charge in [-0.1, -0.05) is 13.8 Å². The first-order valence-electron chi connectivity index (χ1n) is 12.2. The highest BCUT2D eigenvalue weighted by Gasteiger charge is 2.38. The van der Waals surface area contributed by atoms with Crippen LogP contribution in [0.4, 0.5) is 28.9 Å². The second kappa shape index (κ2) is 14.1. The number of benzene rings is 2. The molecule has 41 heavy (non-hydrogen) atoms. The average molecular weight is 607 g/mol. The van der Waals surface area contributed by atoms with Gasteiger partial charge in [0.2, 0.25) is 5.91 Å².